The second-order valence-corrected chi connectivity index (χ2v) is 8.36. The average Bonchev–Trinajstić information content (AvgIpc) is 3.24. The summed E-state index contributed by atoms with van der Waals surface area (Å²) in [5.74, 6) is 0.709. The Morgan fingerprint density at radius 1 is 1.19 bits per heavy atom. The lowest BCUT2D eigenvalue weighted by Gasteiger charge is -2.39. The van der Waals surface area contributed by atoms with E-state index in [2.05, 4.69) is 33.0 Å². The summed E-state index contributed by atoms with van der Waals surface area (Å²) in [5.41, 5.74) is 0.718. The number of hydrogen-bond donors (Lipinski definition) is 2. The highest BCUT2D eigenvalue weighted by atomic mass is 32.1. The fourth-order valence-electron chi connectivity index (χ4n) is 4.43. The topological polar surface area (TPSA) is 53.6 Å². The summed E-state index contributed by atoms with van der Waals surface area (Å²) in [4.78, 5) is 16.6. The summed E-state index contributed by atoms with van der Waals surface area (Å²) in [6, 6.07) is 13.2. The molecule has 0 spiro atoms. The van der Waals surface area contributed by atoms with E-state index in [0.717, 1.165) is 25.1 Å². The largest absolute Gasteiger partial charge is 0.492 e. The average molecular weight is 386 g/mol. The van der Waals surface area contributed by atoms with Crippen molar-refractivity contribution in [1.29, 1.82) is 0 Å². The zero-order valence-electron chi connectivity index (χ0n) is 15.7. The Morgan fingerprint density at radius 2 is 1.96 bits per heavy atom. The van der Waals surface area contributed by atoms with Crippen LogP contribution in [0.5, 0.6) is 5.75 Å². The quantitative estimate of drug-likeness (QED) is 0.772. The summed E-state index contributed by atoms with van der Waals surface area (Å²) in [7, 11) is 0. The molecule has 2 N–H and O–H groups in total. The van der Waals surface area contributed by atoms with Gasteiger partial charge in [0.1, 0.15) is 5.75 Å². The van der Waals surface area contributed by atoms with Crippen LogP contribution in [0, 0.1) is 0 Å². The molecule has 27 heavy (non-hydrogen) atoms. The molecule has 2 atom stereocenters. The minimum atomic E-state index is -0.141. The summed E-state index contributed by atoms with van der Waals surface area (Å²) in [6.07, 6.45) is 4.54. The smallest absolute Gasteiger partial charge is 0.319 e. The van der Waals surface area contributed by atoms with Gasteiger partial charge in [-0.25, -0.2) is 4.79 Å². The molecule has 0 radical (unpaired) electrons. The fraction of sp³-hybridized carbons (Fsp3) is 0.476. The van der Waals surface area contributed by atoms with E-state index in [1.807, 2.05) is 42.5 Å². The van der Waals surface area contributed by atoms with Crippen LogP contribution in [-0.4, -0.2) is 35.7 Å². The lowest BCUT2D eigenvalue weighted by molar-refractivity contribution is 0.113. The van der Waals surface area contributed by atoms with E-state index in [-0.39, 0.29) is 12.1 Å². The lowest BCUT2D eigenvalue weighted by Crippen LogP contribution is -2.50. The van der Waals surface area contributed by atoms with E-state index in [1.165, 1.54) is 17.7 Å². The van der Waals surface area contributed by atoms with Gasteiger partial charge in [0.25, 0.3) is 0 Å². The van der Waals surface area contributed by atoms with Gasteiger partial charge in [0.2, 0.25) is 0 Å². The molecule has 2 bridgehead atoms. The number of ether oxygens (including phenoxy) is 1. The van der Waals surface area contributed by atoms with Crippen molar-refractivity contribution in [3.05, 3.63) is 46.7 Å². The van der Waals surface area contributed by atoms with E-state index in [0.29, 0.717) is 24.4 Å². The number of fused-ring (bicyclic) bond motifs is 2. The predicted molar refractivity (Wildman–Crippen MR) is 109 cm³/mol. The number of para-hydroxylation sites is 2. The van der Waals surface area contributed by atoms with Gasteiger partial charge >= 0.3 is 6.03 Å². The third-order valence-electron chi connectivity index (χ3n) is 5.57. The number of carbonyl (C=O) groups is 1. The van der Waals surface area contributed by atoms with Gasteiger partial charge < -0.3 is 15.4 Å². The van der Waals surface area contributed by atoms with Gasteiger partial charge in [0, 0.05) is 29.5 Å². The number of benzene rings is 1. The molecular weight excluding hydrogens is 358 g/mol. The highest BCUT2D eigenvalue weighted by molar-refractivity contribution is 7.09. The number of carbonyl (C=O) groups excluding carboxylic acids is 1. The number of amides is 2. The molecule has 144 valence electrons. The zero-order valence-corrected chi connectivity index (χ0v) is 16.5. The molecular formula is C21H27N3O2S. The van der Waals surface area contributed by atoms with Gasteiger partial charge in [-0.3, -0.25) is 4.90 Å². The maximum atomic E-state index is 12.5. The van der Waals surface area contributed by atoms with Crippen LogP contribution < -0.4 is 15.4 Å². The Hall–Kier alpha value is -2.05. The van der Waals surface area contributed by atoms with Crippen LogP contribution in [0.3, 0.4) is 0 Å². The molecule has 2 aliphatic rings. The second-order valence-electron chi connectivity index (χ2n) is 7.33. The van der Waals surface area contributed by atoms with Crippen LogP contribution in [0.25, 0.3) is 0 Å². The highest BCUT2D eigenvalue weighted by Crippen LogP contribution is 2.37. The first kappa shape index (κ1) is 18.3. The van der Waals surface area contributed by atoms with Crippen LogP contribution in [0.1, 0.15) is 37.5 Å². The van der Waals surface area contributed by atoms with Gasteiger partial charge in [0.05, 0.1) is 12.3 Å². The molecule has 2 aliphatic heterocycles. The Morgan fingerprint density at radius 3 is 2.67 bits per heavy atom. The highest BCUT2D eigenvalue weighted by Gasteiger charge is 2.41. The number of urea groups is 1. The number of nitrogens with zero attached hydrogens (tertiary/aromatic N) is 1. The molecule has 4 rings (SSSR count). The van der Waals surface area contributed by atoms with Crippen molar-refractivity contribution in [3.63, 3.8) is 0 Å². The van der Waals surface area contributed by atoms with Crippen LogP contribution in [0.4, 0.5) is 10.5 Å². The van der Waals surface area contributed by atoms with E-state index < -0.39 is 0 Å². The zero-order chi connectivity index (χ0) is 18.6. The van der Waals surface area contributed by atoms with Crippen molar-refractivity contribution in [1.82, 2.24) is 10.2 Å². The van der Waals surface area contributed by atoms with Gasteiger partial charge in [-0.2, -0.15) is 0 Å². The summed E-state index contributed by atoms with van der Waals surface area (Å²) >= 11 is 1.83. The van der Waals surface area contributed by atoms with Crippen molar-refractivity contribution in [3.8, 4) is 5.75 Å². The van der Waals surface area contributed by atoms with Gasteiger partial charge in [-0.05, 0) is 56.2 Å². The summed E-state index contributed by atoms with van der Waals surface area (Å²) in [5, 5.41) is 8.29. The molecule has 3 heterocycles. The van der Waals surface area contributed by atoms with Gasteiger partial charge in [0.15, 0.2) is 0 Å². The summed E-state index contributed by atoms with van der Waals surface area (Å²) < 4.78 is 5.59. The first-order valence-electron chi connectivity index (χ1n) is 9.80. The number of piperidine rings is 1. The molecule has 2 unspecified atom stereocenters. The third-order valence-corrected chi connectivity index (χ3v) is 6.43. The fourth-order valence-corrected chi connectivity index (χ4v) is 5.14. The number of rotatable bonds is 6. The number of thiophene rings is 1. The van der Waals surface area contributed by atoms with Crippen LogP contribution in [0.15, 0.2) is 41.8 Å². The predicted octanol–water partition coefficient (Wildman–Crippen LogP) is 4.46. The Bertz CT molecular complexity index is 751. The van der Waals surface area contributed by atoms with E-state index in [4.69, 9.17) is 4.74 Å². The normalized spacial score (nSPS) is 24.6. The van der Waals surface area contributed by atoms with E-state index in [1.54, 1.807) is 0 Å². The Balaban J connectivity index is 1.33. The molecule has 2 amide bonds. The standard InChI is InChI=1S/C21H27N3O2S/c1-2-26-20-8-4-3-7-19(20)23-21(25)22-15-12-16-9-10-17(13-15)24(16)14-18-6-5-11-27-18/h3-8,11,15-17H,2,9-10,12-14H2,1H3,(H2,22,23,25). The maximum absolute atomic E-state index is 12.5. The molecule has 6 heteroatoms. The van der Waals surface area contributed by atoms with Crippen molar-refractivity contribution in [2.75, 3.05) is 11.9 Å². The molecule has 0 aliphatic carbocycles. The lowest BCUT2D eigenvalue weighted by atomic mass is 9.97. The van der Waals surface area contributed by atoms with Gasteiger partial charge in [-0.1, -0.05) is 18.2 Å². The monoisotopic (exact) mass is 385 g/mol. The molecule has 1 aromatic carbocycles. The minimum absolute atomic E-state index is 0.141. The van der Waals surface area contributed by atoms with Crippen molar-refractivity contribution in [2.24, 2.45) is 0 Å². The van der Waals surface area contributed by atoms with E-state index >= 15 is 0 Å². The van der Waals surface area contributed by atoms with Crippen LogP contribution in [-0.2, 0) is 6.54 Å². The molecule has 5 nitrogen and oxygen atoms in total. The molecule has 2 aromatic rings. The molecule has 0 saturated carbocycles. The minimum Gasteiger partial charge on any atom is -0.492 e. The Labute approximate surface area is 164 Å². The molecule has 2 saturated heterocycles. The molecule has 1 aromatic heterocycles. The first-order chi connectivity index (χ1) is 13.2. The SMILES string of the molecule is CCOc1ccccc1NC(=O)NC1CC2CCC(C1)N2Cc1cccs1. The van der Waals surface area contributed by atoms with Crippen LogP contribution in [0.2, 0.25) is 0 Å². The Kier molecular flexibility index (Phi) is 5.64. The number of anilines is 1. The van der Waals surface area contributed by atoms with E-state index in [9.17, 15) is 4.79 Å². The first-order valence-corrected chi connectivity index (χ1v) is 10.7. The second kappa shape index (κ2) is 8.31. The van der Waals surface area contributed by atoms with Crippen molar-refractivity contribution < 1.29 is 9.53 Å². The van der Waals surface area contributed by atoms with Gasteiger partial charge in [-0.15, -0.1) is 11.3 Å². The number of nitrogens with one attached hydrogen (secondary N) is 2. The maximum Gasteiger partial charge on any atom is 0.319 e. The van der Waals surface area contributed by atoms with Crippen LogP contribution >= 0.6 is 11.3 Å². The number of hydrogen-bond acceptors (Lipinski definition) is 4. The summed E-state index contributed by atoms with van der Waals surface area (Å²) in [6.45, 7) is 3.57. The third kappa shape index (κ3) is 4.28. The molecule has 2 fully saturated rings. The van der Waals surface area contributed by atoms with Crippen molar-refractivity contribution in [2.45, 2.75) is 57.3 Å². The van der Waals surface area contributed by atoms with Crippen molar-refractivity contribution >= 4 is 23.1 Å².